The van der Waals surface area contributed by atoms with Gasteiger partial charge in [0.25, 0.3) is 5.91 Å². The van der Waals surface area contributed by atoms with Crippen LogP contribution in [-0.4, -0.2) is 31.4 Å². The summed E-state index contributed by atoms with van der Waals surface area (Å²) < 4.78 is 0. The van der Waals surface area contributed by atoms with Crippen molar-refractivity contribution in [3.8, 4) is 0 Å². The van der Waals surface area contributed by atoms with E-state index in [0.29, 0.717) is 24.4 Å². The zero-order valence-electron chi connectivity index (χ0n) is 12.7. The molecule has 2 amide bonds. The van der Waals surface area contributed by atoms with Gasteiger partial charge in [0.2, 0.25) is 5.91 Å². The Bertz CT molecular complexity index is 519. The number of hydrogen-bond acceptors (Lipinski definition) is 3. The number of nitrogens with one attached hydrogen (secondary N) is 3. The molecule has 5 nitrogen and oxygen atoms in total. The van der Waals surface area contributed by atoms with E-state index >= 15 is 0 Å². The van der Waals surface area contributed by atoms with Crippen LogP contribution in [-0.2, 0) is 4.79 Å². The van der Waals surface area contributed by atoms with Crippen LogP contribution in [0.25, 0.3) is 0 Å². The Hall–Kier alpha value is -2.14. The van der Waals surface area contributed by atoms with Gasteiger partial charge in [-0.25, -0.2) is 0 Å². The largest absolute Gasteiger partial charge is 0.349 e. The van der Waals surface area contributed by atoms with E-state index in [9.17, 15) is 9.59 Å². The summed E-state index contributed by atoms with van der Waals surface area (Å²) in [6, 6.07) is 6.90. The molecule has 1 saturated heterocycles. The zero-order chi connectivity index (χ0) is 15.8. The fraction of sp³-hybridized carbons (Fsp3) is 0.412. The number of hydrogen-bond donors (Lipinski definition) is 3. The van der Waals surface area contributed by atoms with Crippen LogP contribution in [0.3, 0.4) is 0 Å². The first kappa shape index (κ1) is 16.2. The second-order valence-corrected chi connectivity index (χ2v) is 5.52. The van der Waals surface area contributed by atoms with Crippen molar-refractivity contribution < 1.29 is 9.59 Å². The Labute approximate surface area is 131 Å². The van der Waals surface area contributed by atoms with Gasteiger partial charge in [0.15, 0.2) is 0 Å². The van der Waals surface area contributed by atoms with Gasteiger partial charge in [0.05, 0.1) is 0 Å². The molecule has 1 atom stereocenters. The highest BCUT2D eigenvalue weighted by atomic mass is 16.2. The summed E-state index contributed by atoms with van der Waals surface area (Å²) in [7, 11) is 0. The van der Waals surface area contributed by atoms with Crippen LogP contribution in [0.5, 0.6) is 0 Å². The summed E-state index contributed by atoms with van der Waals surface area (Å²) in [5.41, 5.74) is 1.28. The summed E-state index contributed by atoms with van der Waals surface area (Å²) in [5.74, 6) is 0.490. The minimum Gasteiger partial charge on any atom is -0.349 e. The van der Waals surface area contributed by atoms with Crippen molar-refractivity contribution in [1.82, 2.24) is 10.6 Å². The lowest BCUT2D eigenvalue weighted by Gasteiger charge is -2.09. The molecule has 1 aromatic rings. The van der Waals surface area contributed by atoms with Crippen LogP contribution < -0.4 is 16.0 Å². The van der Waals surface area contributed by atoms with E-state index in [1.807, 2.05) is 0 Å². The molecule has 1 unspecified atom stereocenters. The highest BCUT2D eigenvalue weighted by molar-refractivity contribution is 5.95. The zero-order valence-corrected chi connectivity index (χ0v) is 12.7. The highest BCUT2D eigenvalue weighted by Crippen LogP contribution is 2.15. The standard InChI is InChI=1S/C17H23N3O2/c1-2-10-19-17(22)14-4-6-15(7-5-14)20-16(21)8-3-13-9-11-18-12-13/h2,4-7,13,18H,1,3,8-12H2,(H,19,22)(H,20,21). The van der Waals surface area contributed by atoms with Crippen molar-refractivity contribution >= 4 is 17.5 Å². The quantitative estimate of drug-likeness (QED) is 0.674. The lowest BCUT2D eigenvalue weighted by molar-refractivity contribution is -0.116. The van der Waals surface area contributed by atoms with Gasteiger partial charge in [0, 0.05) is 24.2 Å². The molecule has 0 spiro atoms. The number of benzene rings is 1. The predicted molar refractivity (Wildman–Crippen MR) is 87.8 cm³/mol. The summed E-state index contributed by atoms with van der Waals surface area (Å²) in [5, 5.41) is 8.88. The molecule has 1 aromatic carbocycles. The van der Waals surface area contributed by atoms with Gasteiger partial charge in [-0.05, 0) is 56.1 Å². The van der Waals surface area contributed by atoms with Crippen molar-refractivity contribution in [2.45, 2.75) is 19.3 Å². The molecule has 1 aliphatic heterocycles. The van der Waals surface area contributed by atoms with Crippen molar-refractivity contribution in [2.24, 2.45) is 5.92 Å². The molecule has 2 rings (SSSR count). The van der Waals surface area contributed by atoms with Gasteiger partial charge < -0.3 is 16.0 Å². The average Bonchev–Trinajstić information content (AvgIpc) is 3.05. The lowest BCUT2D eigenvalue weighted by Crippen LogP contribution is -2.23. The third-order valence-electron chi connectivity index (χ3n) is 3.78. The smallest absolute Gasteiger partial charge is 0.251 e. The Morgan fingerprint density at radius 2 is 2.09 bits per heavy atom. The van der Waals surface area contributed by atoms with E-state index in [1.165, 1.54) is 0 Å². The van der Waals surface area contributed by atoms with Gasteiger partial charge >= 0.3 is 0 Å². The van der Waals surface area contributed by atoms with Crippen LogP contribution in [0.15, 0.2) is 36.9 Å². The first-order valence-corrected chi connectivity index (χ1v) is 7.69. The molecule has 1 fully saturated rings. The number of carbonyl (C=O) groups is 2. The van der Waals surface area contributed by atoms with Crippen LogP contribution in [0.1, 0.15) is 29.6 Å². The van der Waals surface area contributed by atoms with E-state index < -0.39 is 0 Å². The van der Waals surface area contributed by atoms with Gasteiger partial charge in [-0.1, -0.05) is 6.08 Å². The van der Waals surface area contributed by atoms with E-state index in [4.69, 9.17) is 0 Å². The van der Waals surface area contributed by atoms with Crippen LogP contribution in [0.4, 0.5) is 5.69 Å². The minimum absolute atomic E-state index is 0.0239. The second kappa shape index (κ2) is 8.34. The van der Waals surface area contributed by atoms with Crippen molar-refractivity contribution in [3.05, 3.63) is 42.5 Å². The number of amides is 2. The Morgan fingerprint density at radius 3 is 2.73 bits per heavy atom. The Kier molecular flexibility index (Phi) is 6.15. The van der Waals surface area contributed by atoms with E-state index in [-0.39, 0.29) is 11.8 Å². The summed E-state index contributed by atoms with van der Waals surface area (Å²) in [6.07, 6.45) is 4.24. The van der Waals surface area contributed by atoms with Gasteiger partial charge in [0.1, 0.15) is 0 Å². The van der Waals surface area contributed by atoms with E-state index in [2.05, 4.69) is 22.5 Å². The highest BCUT2D eigenvalue weighted by Gasteiger charge is 2.15. The molecular formula is C17H23N3O2. The molecule has 0 aliphatic carbocycles. The molecule has 0 saturated carbocycles. The molecule has 1 aliphatic rings. The first-order valence-electron chi connectivity index (χ1n) is 7.69. The fourth-order valence-electron chi connectivity index (χ4n) is 2.49. The molecule has 5 heteroatoms. The van der Waals surface area contributed by atoms with Gasteiger partial charge in [-0.15, -0.1) is 6.58 Å². The van der Waals surface area contributed by atoms with Gasteiger partial charge in [-0.3, -0.25) is 9.59 Å². The maximum Gasteiger partial charge on any atom is 0.251 e. The van der Waals surface area contributed by atoms with Gasteiger partial charge in [-0.2, -0.15) is 0 Å². The number of anilines is 1. The van der Waals surface area contributed by atoms with Crippen LogP contribution >= 0.6 is 0 Å². The van der Waals surface area contributed by atoms with E-state index in [1.54, 1.807) is 30.3 Å². The summed E-state index contributed by atoms with van der Waals surface area (Å²) in [6.45, 7) is 6.06. The molecular weight excluding hydrogens is 278 g/mol. The summed E-state index contributed by atoms with van der Waals surface area (Å²) >= 11 is 0. The first-order chi connectivity index (χ1) is 10.7. The third kappa shape index (κ3) is 5.00. The van der Waals surface area contributed by atoms with E-state index in [0.717, 1.165) is 31.6 Å². The minimum atomic E-state index is -0.147. The van der Waals surface area contributed by atoms with Crippen molar-refractivity contribution in [2.75, 3.05) is 25.0 Å². The Balaban J connectivity index is 1.78. The molecule has 0 aromatic heterocycles. The second-order valence-electron chi connectivity index (χ2n) is 5.52. The SMILES string of the molecule is C=CCNC(=O)c1ccc(NC(=O)CCC2CCNC2)cc1. The molecule has 0 bridgehead atoms. The maximum atomic E-state index is 11.9. The molecule has 0 radical (unpaired) electrons. The van der Waals surface area contributed by atoms with Crippen LogP contribution in [0, 0.1) is 5.92 Å². The third-order valence-corrected chi connectivity index (χ3v) is 3.78. The topological polar surface area (TPSA) is 70.2 Å². The van der Waals surface area contributed by atoms with Crippen molar-refractivity contribution in [1.29, 1.82) is 0 Å². The molecule has 1 heterocycles. The molecule has 118 valence electrons. The normalized spacial score (nSPS) is 17.0. The molecule has 3 N–H and O–H groups in total. The van der Waals surface area contributed by atoms with Crippen LogP contribution in [0.2, 0.25) is 0 Å². The summed E-state index contributed by atoms with van der Waals surface area (Å²) in [4.78, 5) is 23.6. The average molecular weight is 301 g/mol. The Morgan fingerprint density at radius 1 is 1.32 bits per heavy atom. The lowest BCUT2D eigenvalue weighted by atomic mass is 10.0. The maximum absolute atomic E-state index is 11.9. The number of carbonyl (C=O) groups excluding carboxylic acids is 2. The molecule has 22 heavy (non-hydrogen) atoms. The monoisotopic (exact) mass is 301 g/mol. The fourth-order valence-corrected chi connectivity index (χ4v) is 2.49. The van der Waals surface area contributed by atoms with Crippen molar-refractivity contribution in [3.63, 3.8) is 0 Å². The number of rotatable bonds is 7. The predicted octanol–water partition coefficient (Wildman–Crippen LogP) is 1.93.